The Balaban J connectivity index is 1.77. The number of nitrogens with zero attached hydrogens (tertiary/aromatic N) is 1. The lowest BCUT2D eigenvalue weighted by atomic mass is 10.2. The van der Waals surface area contributed by atoms with Crippen LogP contribution in [0.2, 0.25) is 5.02 Å². The molecule has 0 heterocycles. The molecule has 0 bridgehead atoms. The third-order valence-corrected chi connectivity index (χ3v) is 5.59. The Morgan fingerprint density at radius 2 is 1.77 bits per heavy atom. The molecule has 0 unspecified atom stereocenters. The van der Waals surface area contributed by atoms with Crippen molar-refractivity contribution in [3.63, 3.8) is 0 Å². The zero-order valence-electron chi connectivity index (χ0n) is 13.9. The number of halogens is 1. The van der Waals surface area contributed by atoms with Gasteiger partial charge in [-0.05, 0) is 62.1 Å². The second-order valence-corrected chi connectivity index (χ2v) is 8.09. The van der Waals surface area contributed by atoms with Crippen molar-refractivity contribution >= 4 is 38.9 Å². The molecule has 1 fully saturated rings. The summed E-state index contributed by atoms with van der Waals surface area (Å²) in [7, 11) is -3.84. The summed E-state index contributed by atoms with van der Waals surface area (Å²) in [4.78, 5) is 12.2. The quantitative estimate of drug-likeness (QED) is 0.760. The summed E-state index contributed by atoms with van der Waals surface area (Å²) >= 11 is 5.87. The summed E-state index contributed by atoms with van der Waals surface area (Å²) in [6, 6.07) is 12.2. The topological polar surface area (TPSA) is 87.6 Å². The van der Waals surface area contributed by atoms with Gasteiger partial charge in [0.25, 0.3) is 15.9 Å². The van der Waals surface area contributed by atoms with Crippen molar-refractivity contribution in [2.45, 2.75) is 30.6 Å². The van der Waals surface area contributed by atoms with E-state index >= 15 is 0 Å². The lowest BCUT2D eigenvalue weighted by Gasteiger charge is -2.09. The Labute approximate surface area is 157 Å². The molecule has 26 heavy (non-hydrogen) atoms. The van der Waals surface area contributed by atoms with Gasteiger partial charge in [-0.15, -0.1) is 0 Å². The first-order chi connectivity index (χ1) is 12.4. The Morgan fingerprint density at radius 1 is 1.04 bits per heavy atom. The van der Waals surface area contributed by atoms with Crippen LogP contribution >= 0.6 is 11.6 Å². The zero-order chi connectivity index (χ0) is 18.6. The van der Waals surface area contributed by atoms with Gasteiger partial charge in [0.15, 0.2) is 0 Å². The average molecular weight is 392 g/mol. The number of hydrogen-bond donors (Lipinski definition) is 2. The van der Waals surface area contributed by atoms with Crippen LogP contribution in [0.4, 0.5) is 5.69 Å². The van der Waals surface area contributed by atoms with Crippen LogP contribution in [0.3, 0.4) is 0 Å². The summed E-state index contributed by atoms with van der Waals surface area (Å²) in [6.45, 7) is 0. The van der Waals surface area contributed by atoms with Crippen molar-refractivity contribution in [1.82, 2.24) is 5.43 Å². The summed E-state index contributed by atoms with van der Waals surface area (Å²) in [5.41, 5.74) is 4.03. The molecular weight excluding hydrogens is 374 g/mol. The highest BCUT2D eigenvalue weighted by Gasteiger charge is 2.17. The second kappa shape index (κ2) is 7.88. The first-order valence-corrected chi connectivity index (χ1v) is 10.0. The van der Waals surface area contributed by atoms with E-state index < -0.39 is 15.9 Å². The largest absolute Gasteiger partial charge is 0.280 e. The minimum absolute atomic E-state index is 0.0151. The maximum atomic E-state index is 12.5. The Kier molecular flexibility index (Phi) is 5.58. The zero-order valence-corrected chi connectivity index (χ0v) is 15.5. The smallest absolute Gasteiger partial charge is 0.271 e. The van der Waals surface area contributed by atoms with E-state index in [0.29, 0.717) is 10.7 Å². The number of amides is 1. The lowest BCUT2D eigenvalue weighted by Crippen LogP contribution is -2.20. The molecular formula is C18H18ClN3O3S. The number of hydrogen-bond acceptors (Lipinski definition) is 4. The number of rotatable bonds is 5. The van der Waals surface area contributed by atoms with Crippen LogP contribution in [0, 0.1) is 0 Å². The normalized spacial score (nSPS) is 14.1. The van der Waals surface area contributed by atoms with Crippen molar-refractivity contribution in [1.29, 1.82) is 0 Å². The number of carbonyl (C=O) groups is 1. The minimum atomic E-state index is -3.84. The van der Waals surface area contributed by atoms with Crippen LogP contribution < -0.4 is 10.1 Å². The molecule has 2 aromatic rings. The first-order valence-electron chi connectivity index (χ1n) is 8.18. The molecule has 3 rings (SSSR count). The Bertz CT molecular complexity index is 950. The first kappa shape index (κ1) is 18.4. The van der Waals surface area contributed by atoms with E-state index in [0.717, 1.165) is 31.4 Å². The molecule has 0 aliphatic heterocycles. The van der Waals surface area contributed by atoms with Gasteiger partial charge < -0.3 is 0 Å². The predicted molar refractivity (Wildman–Crippen MR) is 102 cm³/mol. The summed E-state index contributed by atoms with van der Waals surface area (Å²) in [6.07, 6.45) is 3.94. The number of sulfonamides is 1. The van der Waals surface area contributed by atoms with Gasteiger partial charge in [-0.3, -0.25) is 9.52 Å². The lowest BCUT2D eigenvalue weighted by molar-refractivity contribution is 0.0954. The molecule has 0 saturated heterocycles. The van der Waals surface area contributed by atoms with Gasteiger partial charge in [0, 0.05) is 16.3 Å². The van der Waals surface area contributed by atoms with Crippen molar-refractivity contribution in [2.24, 2.45) is 5.10 Å². The van der Waals surface area contributed by atoms with Crippen LogP contribution in [0.15, 0.2) is 58.5 Å². The fraction of sp³-hybridized carbons (Fsp3) is 0.222. The third-order valence-electron chi connectivity index (χ3n) is 3.98. The van der Waals surface area contributed by atoms with Gasteiger partial charge in [0.1, 0.15) is 0 Å². The Hall–Kier alpha value is -2.38. The van der Waals surface area contributed by atoms with E-state index in [1.807, 2.05) is 0 Å². The average Bonchev–Trinajstić information content (AvgIpc) is 3.13. The highest BCUT2D eigenvalue weighted by Crippen LogP contribution is 2.20. The summed E-state index contributed by atoms with van der Waals surface area (Å²) in [5, 5.41) is 4.53. The van der Waals surface area contributed by atoms with Crippen molar-refractivity contribution in [3.05, 3.63) is 59.1 Å². The Morgan fingerprint density at radius 3 is 2.50 bits per heavy atom. The maximum absolute atomic E-state index is 12.5. The highest BCUT2D eigenvalue weighted by atomic mass is 35.5. The van der Waals surface area contributed by atoms with E-state index in [1.54, 1.807) is 24.3 Å². The van der Waals surface area contributed by atoms with Gasteiger partial charge in [-0.1, -0.05) is 23.7 Å². The standard InChI is InChI=1S/C18H18ClN3O3S/c19-14-6-4-9-16(12-14)22-26(24,25)17-10-3-5-13(11-17)18(23)21-20-15-7-1-2-8-15/h3-6,9-12,22H,1-2,7-8H2,(H,21,23). The van der Waals surface area contributed by atoms with Crippen LogP contribution in [0.25, 0.3) is 0 Å². The SMILES string of the molecule is O=C(NN=C1CCCC1)c1cccc(S(=O)(=O)Nc2cccc(Cl)c2)c1. The molecule has 136 valence electrons. The number of hydrazone groups is 1. The maximum Gasteiger partial charge on any atom is 0.271 e. The number of benzene rings is 2. The molecule has 0 spiro atoms. The molecule has 0 aromatic heterocycles. The summed E-state index contributed by atoms with van der Waals surface area (Å²) in [5.74, 6) is -0.441. The fourth-order valence-corrected chi connectivity index (χ4v) is 3.95. The molecule has 1 aliphatic carbocycles. The van der Waals surface area contributed by atoms with Crippen LogP contribution in [-0.4, -0.2) is 20.0 Å². The number of anilines is 1. The van der Waals surface area contributed by atoms with Crippen LogP contribution in [0.1, 0.15) is 36.0 Å². The molecule has 2 N–H and O–H groups in total. The van der Waals surface area contributed by atoms with Gasteiger partial charge in [-0.25, -0.2) is 13.8 Å². The molecule has 1 saturated carbocycles. The monoisotopic (exact) mass is 391 g/mol. The molecule has 0 atom stereocenters. The fourth-order valence-electron chi connectivity index (χ4n) is 2.66. The van der Waals surface area contributed by atoms with E-state index in [1.165, 1.54) is 24.3 Å². The molecule has 8 heteroatoms. The van der Waals surface area contributed by atoms with Gasteiger partial charge in [-0.2, -0.15) is 5.10 Å². The van der Waals surface area contributed by atoms with Crippen molar-refractivity contribution < 1.29 is 13.2 Å². The highest BCUT2D eigenvalue weighted by molar-refractivity contribution is 7.92. The van der Waals surface area contributed by atoms with E-state index in [2.05, 4.69) is 15.2 Å². The third kappa shape index (κ3) is 4.62. The van der Waals surface area contributed by atoms with Gasteiger partial charge in [0.05, 0.1) is 10.6 Å². The summed E-state index contributed by atoms with van der Waals surface area (Å²) < 4.78 is 27.5. The van der Waals surface area contributed by atoms with Gasteiger partial charge >= 0.3 is 0 Å². The minimum Gasteiger partial charge on any atom is -0.280 e. The van der Waals surface area contributed by atoms with E-state index in [4.69, 9.17) is 11.6 Å². The van der Waals surface area contributed by atoms with Crippen LogP contribution in [0.5, 0.6) is 0 Å². The van der Waals surface area contributed by atoms with Crippen molar-refractivity contribution in [3.8, 4) is 0 Å². The van der Waals surface area contributed by atoms with E-state index in [-0.39, 0.29) is 10.5 Å². The molecule has 6 nitrogen and oxygen atoms in total. The van der Waals surface area contributed by atoms with Crippen molar-refractivity contribution in [2.75, 3.05) is 4.72 Å². The predicted octanol–water partition coefficient (Wildman–Crippen LogP) is 3.80. The molecule has 0 radical (unpaired) electrons. The van der Waals surface area contributed by atoms with E-state index in [9.17, 15) is 13.2 Å². The number of nitrogens with one attached hydrogen (secondary N) is 2. The van der Waals surface area contributed by atoms with Crippen LogP contribution in [-0.2, 0) is 10.0 Å². The second-order valence-electron chi connectivity index (χ2n) is 5.97. The molecule has 2 aromatic carbocycles. The number of carbonyl (C=O) groups excluding carboxylic acids is 1. The molecule has 1 aliphatic rings. The molecule has 1 amide bonds. The van der Waals surface area contributed by atoms with Gasteiger partial charge in [0.2, 0.25) is 0 Å².